The van der Waals surface area contributed by atoms with E-state index in [9.17, 15) is 4.79 Å². The molecule has 0 rings (SSSR count). The Morgan fingerprint density at radius 1 is 0.708 bits per heavy atom. The van der Waals surface area contributed by atoms with Crippen molar-refractivity contribution in [1.82, 2.24) is 4.90 Å². The van der Waals surface area contributed by atoms with Gasteiger partial charge in [0.2, 0.25) is 0 Å². The van der Waals surface area contributed by atoms with Gasteiger partial charge in [-0.25, -0.2) is 0 Å². The molecule has 0 unspecified atom stereocenters. The lowest BCUT2D eigenvalue weighted by molar-refractivity contribution is -0.144. The van der Waals surface area contributed by atoms with Gasteiger partial charge in [-0.1, -0.05) is 90.4 Å². The molecule has 0 atom stereocenters. The number of unbranched alkanes of at least 4 members (excludes halogenated alkanes) is 13. The molecule has 0 spiro atoms. The number of esters is 1. The molecule has 0 bridgehead atoms. The Bertz CT molecular complexity index is 267. The molecule has 0 aromatic carbocycles. The van der Waals surface area contributed by atoms with Crippen molar-refractivity contribution in [2.24, 2.45) is 0 Å². The molecule has 0 aromatic rings. The van der Waals surface area contributed by atoms with Crippen molar-refractivity contribution in [3.05, 3.63) is 0 Å². The molecular formula is C21H43NO2. The van der Waals surface area contributed by atoms with Crippen molar-refractivity contribution < 1.29 is 9.53 Å². The molecule has 0 amide bonds. The third kappa shape index (κ3) is 19.5. The van der Waals surface area contributed by atoms with Gasteiger partial charge < -0.3 is 9.64 Å². The van der Waals surface area contributed by atoms with Crippen LogP contribution in [0.1, 0.15) is 103 Å². The van der Waals surface area contributed by atoms with E-state index in [0.717, 1.165) is 13.0 Å². The molecule has 0 radical (unpaired) electrons. The van der Waals surface area contributed by atoms with Gasteiger partial charge in [0.25, 0.3) is 0 Å². The maximum atomic E-state index is 11.4. The van der Waals surface area contributed by atoms with Crippen molar-refractivity contribution in [2.75, 3.05) is 27.2 Å². The normalized spacial score (nSPS) is 11.2. The third-order valence-corrected chi connectivity index (χ3v) is 4.52. The quantitative estimate of drug-likeness (QED) is 0.227. The zero-order chi connectivity index (χ0) is 17.9. The molecule has 0 aromatic heterocycles. The highest BCUT2D eigenvalue weighted by Gasteiger charge is 2.02. The number of carbonyl (C=O) groups excluding carboxylic acids is 1. The average molecular weight is 342 g/mol. The van der Waals surface area contributed by atoms with Crippen LogP contribution in [0.5, 0.6) is 0 Å². The number of hydrogen-bond donors (Lipinski definition) is 0. The monoisotopic (exact) mass is 341 g/mol. The van der Waals surface area contributed by atoms with E-state index in [1.165, 1.54) is 83.5 Å². The van der Waals surface area contributed by atoms with E-state index in [0.29, 0.717) is 13.0 Å². The molecular weight excluding hydrogens is 298 g/mol. The van der Waals surface area contributed by atoms with Crippen LogP contribution in [0.15, 0.2) is 0 Å². The van der Waals surface area contributed by atoms with E-state index in [-0.39, 0.29) is 5.97 Å². The average Bonchev–Trinajstić information content (AvgIpc) is 2.56. The number of carbonyl (C=O) groups is 1. The van der Waals surface area contributed by atoms with Crippen LogP contribution in [0.25, 0.3) is 0 Å². The van der Waals surface area contributed by atoms with Gasteiger partial charge in [-0.3, -0.25) is 4.79 Å². The summed E-state index contributed by atoms with van der Waals surface area (Å²) in [6, 6.07) is 0. The molecule has 0 saturated heterocycles. The van der Waals surface area contributed by atoms with E-state index < -0.39 is 0 Å². The van der Waals surface area contributed by atoms with Crippen LogP contribution in [-0.2, 0) is 9.53 Å². The summed E-state index contributed by atoms with van der Waals surface area (Å²) in [5.41, 5.74) is 0. The Labute approximate surface area is 151 Å². The van der Waals surface area contributed by atoms with Crippen molar-refractivity contribution in [1.29, 1.82) is 0 Å². The fourth-order valence-electron chi connectivity index (χ4n) is 2.87. The molecule has 0 aliphatic heterocycles. The minimum atomic E-state index is -0.0570. The summed E-state index contributed by atoms with van der Waals surface area (Å²) in [6.45, 7) is 3.65. The van der Waals surface area contributed by atoms with E-state index in [4.69, 9.17) is 4.74 Å². The standard InChI is InChI=1S/C21H43NO2/c1-4-5-6-7-8-9-10-11-12-13-14-15-16-17-20-24-21(23)18-19-22(2)3/h4-20H2,1-3H3. The second-order valence-corrected chi connectivity index (χ2v) is 7.37. The molecule has 0 N–H and O–H groups in total. The molecule has 3 nitrogen and oxygen atoms in total. The summed E-state index contributed by atoms with van der Waals surface area (Å²) in [6.07, 6.45) is 19.4. The molecule has 0 fully saturated rings. The van der Waals surface area contributed by atoms with Gasteiger partial charge in [0.05, 0.1) is 13.0 Å². The second-order valence-electron chi connectivity index (χ2n) is 7.37. The van der Waals surface area contributed by atoms with Crippen LogP contribution in [0.3, 0.4) is 0 Å². The largest absolute Gasteiger partial charge is 0.466 e. The Morgan fingerprint density at radius 3 is 1.54 bits per heavy atom. The van der Waals surface area contributed by atoms with Gasteiger partial charge >= 0.3 is 5.97 Å². The highest BCUT2D eigenvalue weighted by molar-refractivity contribution is 5.69. The summed E-state index contributed by atoms with van der Waals surface area (Å²) in [4.78, 5) is 13.4. The van der Waals surface area contributed by atoms with Crippen molar-refractivity contribution in [2.45, 2.75) is 103 Å². The molecule has 0 saturated carbocycles. The van der Waals surface area contributed by atoms with Crippen LogP contribution in [0, 0.1) is 0 Å². The molecule has 0 aliphatic rings. The van der Waals surface area contributed by atoms with Gasteiger partial charge in [-0.15, -0.1) is 0 Å². The van der Waals surface area contributed by atoms with Gasteiger partial charge in [0.15, 0.2) is 0 Å². The Kier molecular flexibility index (Phi) is 18.3. The van der Waals surface area contributed by atoms with Crippen molar-refractivity contribution in [3.63, 3.8) is 0 Å². The zero-order valence-corrected chi connectivity index (χ0v) is 16.8. The first kappa shape index (κ1) is 23.4. The molecule has 0 aliphatic carbocycles. The number of ether oxygens (including phenoxy) is 1. The van der Waals surface area contributed by atoms with Crippen molar-refractivity contribution in [3.8, 4) is 0 Å². The summed E-state index contributed by atoms with van der Waals surface area (Å²) in [7, 11) is 3.95. The Morgan fingerprint density at radius 2 is 1.12 bits per heavy atom. The van der Waals surface area contributed by atoms with Crippen LogP contribution >= 0.6 is 0 Å². The fourth-order valence-corrected chi connectivity index (χ4v) is 2.87. The lowest BCUT2D eigenvalue weighted by atomic mass is 10.0. The molecule has 144 valence electrons. The second kappa shape index (κ2) is 18.8. The number of nitrogens with zero attached hydrogens (tertiary/aromatic N) is 1. The molecule has 0 heterocycles. The van der Waals surface area contributed by atoms with Gasteiger partial charge in [-0.05, 0) is 20.5 Å². The summed E-state index contributed by atoms with van der Waals surface area (Å²) < 4.78 is 5.23. The lowest BCUT2D eigenvalue weighted by Crippen LogP contribution is -2.18. The van der Waals surface area contributed by atoms with Crippen LogP contribution in [0.2, 0.25) is 0 Å². The zero-order valence-electron chi connectivity index (χ0n) is 16.8. The van der Waals surface area contributed by atoms with Gasteiger partial charge in [0.1, 0.15) is 0 Å². The third-order valence-electron chi connectivity index (χ3n) is 4.52. The maximum absolute atomic E-state index is 11.4. The van der Waals surface area contributed by atoms with Gasteiger partial charge in [0, 0.05) is 6.54 Å². The first-order chi connectivity index (χ1) is 11.7. The maximum Gasteiger partial charge on any atom is 0.307 e. The lowest BCUT2D eigenvalue weighted by Gasteiger charge is -2.09. The fraction of sp³-hybridized carbons (Fsp3) is 0.952. The summed E-state index contributed by atoms with van der Waals surface area (Å²) in [5, 5.41) is 0. The smallest absolute Gasteiger partial charge is 0.307 e. The predicted octanol–water partition coefficient (Wildman–Crippen LogP) is 5.96. The minimum absolute atomic E-state index is 0.0570. The number of rotatable bonds is 18. The van der Waals surface area contributed by atoms with E-state index in [1.807, 2.05) is 19.0 Å². The van der Waals surface area contributed by atoms with Crippen LogP contribution in [-0.4, -0.2) is 38.1 Å². The van der Waals surface area contributed by atoms with Gasteiger partial charge in [-0.2, -0.15) is 0 Å². The SMILES string of the molecule is CCCCCCCCCCCCCCCCOC(=O)CCN(C)C. The Balaban J connectivity index is 3.08. The Hall–Kier alpha value is -0.570. The first-order valence-electron chi connectivity index (χ1n) is 10.5. The van der Waals surface area contributed by atoms with Crippen LogP contribution < -0.4 is 0 Å². The predicted molar refractivity (Wildman–Crippen MR) is 104 cm³/mol. The highest BCUT2D eigenvalue weighted by Crippen LogP contribution is 2.12. The summed E-state index contributed by atoms with van der Waals surface area (Å²) >= 11 is 0. The molecule has 3 heteroatoms. The minimum Gasteiger partial charge on any atom is -0.466 e. The van der Waals surface area contributed by atoms with E-state index in [1.54, 1.807) is 0 Å². The summed E-state index contributed by atoms with van der Waals surface area (Å²) in [5.74, 6) is -0.0570. The topological polar surface area (TPSA) is 29.5 Å². The van der Waals surface area contributed by atoms with E-state index in [2.05, 4.69) is 6.92 Å². The number of hydrogen-bond acceptors (Lipinski definition) is 3. The highest BCUT2D eigenvalue weighted by atomic mass is 16.5. The van der Waals surface area contributed by atoms with E-state index >= 15 is 0 Å². The molecule has 24 heavy (non-hydrogen) atoms. The first-order valence-corrected chi connectivity index (χ1v) is 10.5. The van der Waals surface area contributed by atoms with Crippen molar-refractivity contribution >= 4 is 5.97 Å². The van der Waals surface area contributed by atoms with Crippen LogP contribution in [0.4, 0.5) is 0 Å².